The Morgan fingerprint density at radius 3 is 2.31 bits per heavy atom. The van der Waals surface area contributed by atoms with Crippen molar-refractivity contribution in [1.29, 1.82) is 0 Å². The van der Waals surface area contributed by atoms with E-state index in [0.717, 1.165) is 22.7 Å². The molecule has 0 unspecified atom stereocenters. The molecule has 72 valence electrons. The first kappa shape index (κ1) is 9.71. The molecule has 0 aliphatic carbocycles. The Morgan fingerprint density at radius 1 is 1.15 bits per heavy atom. The number of ether oxygens (including phenoxy) is 2. The average Bonchev–Trinajstić information content (AvgIpc) is 2.17. The van der Waals surface area contributed by atoms with E-state index in [-0.39, 0.29) is 0 Å². The van der Waals surface area contributed by atoms with Crippen LogP contribution in [0.25, 0.3) is 0 Å². The summed E-state index contributed by atoms with van der Waals surface area (Å²) in [5, 5.41) is 3.06. The van der Waals surface area contributed by atoms with Crippen LogP contribution in [-0.2, 0) is 0 Å². The fourth-order valence-corrected chi connectivity index (χ4v) is 1.35. The summed E-state index contributed by atoms with van der Waals surface area (Å²) in [6.45, 7) is 1.97. The van der Waals surface area contributed by atoms with Gasteiger partial charge in [0.05, 0.1) is 19.9 Å². The van der Waals surface area contributed by atoms with Crippen LogP contribution >= 0.6 is 0 Å². The van der Waals surface area contributed by atoms with Crippen LogP contribution in [0.2, 0.25) is 0 Å². The Hall–Kier alpha value is -1.38. The lowest BCUT2D eigenvalue weighted by Gasteiger charge is -2.13. The lowest BCUT2D eigenvalue weighted by molar-refractivity contribution is 0.390. The molecular formula is C10H15NO2. The summed E-state index contributed by atoms with van der Waals surface area (Å²) < 4.78 is 10.4. The van der Waals surface area contributed by atoms with Gasteiger partial charge in [0, 0.05) is 12.6 Å². The van der Waals surface area contributed by atoms with Gasteiger partial charge >= 0.3 is 0 Å². The fourth-order valence-electron chi connectivity index (χ4n) is 1.35. The molecule has 0 saturated carbocycles. The van der Waals surface area contributed by atoms with Crippen LogP contribution in [0.15, 0.2) is 12.1 Å². The smallest absolute Gasteiger partial charge is 0.148 e. The Balaban J connectivity index is 3.23. The molecule has 0 atom stereocenters. The van der Waals surface area contributed by atoms with Gasteiger partial charge in [-0.3, -0.25) is 0 Å². The molecule has 3 nitrogen and oxygen atoms in total. The minimum atomic E-state index is 0.835. The molecule has 0 bridgehead atoms. The third kappa shape index (κ3) is 1.69. The second-order valence-corrected chi connectivity index (χ2v) is 2.72. The zero-order valence-electron chi connectivity index (χ0n) is 8.47. The first-order valence-corrected chi connectivity index (χ1v) is 4.14. The summed E-state index contributed by atoms with van der Waals surface area (Å²) in [6.07, 6.45) is 0. The van der Waals surface area contributed by atoms with Gasteiger partial charge in [-0.05, 0) is 19.1 Å². The van der Waals surface area contributed by atoms with Gasteiger partial charge in [-0.15, -0.1) is 0 Å². The Labute approximate surface area is 78.7 Å². The van der Waals surface area contributed by atoms with Gasteiger partial charge in [-0.1, -0.05) is 0 Å². The van der Waals surface area contributed by atoms with Crippen molar-refractivity contribution in [2.75, 3.05) is 26.6 Å². The fraction of sp³-hybridized carbons (Fsp3) is 0.400. The molecule has 0 heterocycles. The maximum Gasteiger partial charge on any atom is 0.148 e. The molecule has 1 rings (SSSR count). The Morgan fingerprint density at radius 2 is 1.85 bits per heavy atom. The topological polar surface area (TPSA) is 30.5 Å². The molecule has 3 heteroatoms. The number of anilines is 1. The van der Waals surface area contributed by atoms with Crippen molar-refractivity contribution in [1.82, 2.24) is 0 Å². The molecule has 13 heavy (non-hydrogen) atoms. The second-order valence-electron chi connectivity index (χ2n) is 2.72. The third-order valence-electron chi connectivity index (χ3n) is 2.05. The van der Waals surface area contributed by atoms with Gasteiger partial charge in [0.25, 0.3) is 0 Å². The molecule has 0 radical (unpaired) electrons. The molecule has 0 aliphatic rings. The lowest BCUT2D eigenvalue weighted by Crippen LogP contribution is -1.97. The van der Waals surface area contributed by atoms with Crippen LogP contribution in [0.1, 0.15) is 5.56 Å². The summed E-state index contributed by atoms with van der Waals surface area (Å²) in [7, 11) is 5.17. The standard InChI is InChI=1S/C10H15NO2/c1-7-9(12-3)6-5-8(11-2)10(7)13-4/h5-6,11H,1-4H3. The van der Waals surface area contributed by atoms with E-state index in [0.29, 0.717) is 0 Å². The predicted octanol–water partition coefficient (Wildman–Crippen LogP) is 2.05. The summed E-state index contributed by atoms with van der Waals surface area (Å²) >= 11 is 0. The molecule has 1 aromatic carbocycles. The van der Waals surface area contributed by atoms with Gasteiger partial charge in [-0.2, -0.15) is 0 Å². The van der Waals surface area contributed by atoms with E-state index < -0.39 is 0 Å². The van der Waals surface area contributed by atoms with Crippen molar-refractivity contribution in [3.05, 3.63) is 17.7 Å². The molecule has 1 N–H and O–H groups in total. The highest BCUT2D eigenvalue weighted by Gasteiger charge is 2.09. The second kappa shape index (κ2) is 4.03. The summed E-state index contributed by atoms with van der Waals surface area (Å²) in [5.74, 6) is 1.68. The number of rotatable bonds is 3. The highest BCUT2D eigenvalue weighted by Crippen LogP contribution is 2.34. The Bertz CT molecular complexity index is 297. The number of hydrogen-bond donors (Lipinski definition) is 1. The zero-order chi connectivity index (χ0) is 9.84. The average molecular weight is 181 g/mol. The van der Waals surface area contributed by atoms with E-state index >= 15 is 0 Å². The van der Waals surface area contributed by atoms with Crippen molar-refractivity contribution in [2.45, 2.75) is 6.92 Å². The monoisotopic (exact) mass is 181 g/mol. The van der Waals surface area contributed by atoms with Crippen LogP contribution in [0.5, 0.6) is 11.5 Å². The van der Waals surface area contributed by atoms with E-state index in [1.54, 1.807) is 14.2 Å². The highest BCUT2D eigenvalue weighted by molar-refractivity contribution is 5.63. The molecule has 0 amide bonds. The summed E-state index contributed by atoms with van der Waals surface area (Å²) in [4.78, 5) is 0. The predicted molar refractivity (Wildman–Crippen MR) is 53.8 cm³/mol. The first-order valence-electron chi connectivity index (χ1n) is 4.14. The van der Waals surface area contributed by atoms with Crippen molar-refractivity contribution in [3.63, 3.8) is 0 Å². The van der Waals surface area contributed by atoms with E-state index in [4.69, 9.17) is 9.47 Å². The van der Waals surface area contributed by atoms with E-state index in [1.807, 2.05) is 26.1 Å². The normalized spacial score (nSPS) is 9.54. The van der Waals surface area contributed by atoms with Crippen LogP contribution in [0, 0.1) is 6.92 Å². The minimum Gasteiger partial charge on any atom is -0.496 e. The van der Waals surface area contributed by atoms with Crippen LogP contribution in [-0.4, -0.2) is 21.3 Å². The van der Waals surface area contributed by atoms with Gasteiger partial charge < -0.3 is 14.8 Å². The number of hydrogen-bond acceptors (Lipinski definition) is 3. The lowest BCUT2D eigenvalue weighted by atomic mass is 10.1. The van der Waals surface area contributed by atoms with Crippen LogP contribution < -0.4 is 14.8 Å². The maximum atomic E-state index is 5.27. The van der Waals surface area contributed by atoms with Crippen molar-refractivity contribution < 1.29 is 9.47 Å². The molecule has 0 aliphatic heterocycles. The minimum absolute atomic E-state index is 0.835. The van der Waals surface area contributed by atoms with Crippen LogP contribution in [0.3, 0.4) is 0 Å². The number of nitrogens with one attached hydrogen (secondary N) is 1. The summed E-state index contributed by atoms with van der Waals surface area (Å²) in [5.41, 5.74) is 1.98. The maximum absolute atomic E-state index is 5.27. The Kier molecular flexibility index (Phi) is 3.01. The highest BCUT2D eigenvalue weighted by atomic mass is 16.5. The van der Waals surface area contributed by atoms with E-state index in [1.165, 1.54) is 0 Å². The van der Waals surface area contributed by atoms with Gasteiger partial charge in [0.1, 0.15) is 11.5 Å². The molecule has 0 spiro atoms. The van der Waals surface area contributed by atoms with E-state index in [9.17, 15) is 0 Å². The van der Waals surface area contributed by atoms with Gasteiger partial charge in [0.2, 0.25) is 0 Å². The van der Waals surface area contributed by atoms with Crippen molar-refractivity contribution in [3.8, 4) is 11.5 Å². The van der Waals surface area contributed by atoms with Crippen molar-refractivity contribution in [2.24, 2.45) is 0 Å². The SMILES string of the molecule is CNc1ccc(OC)c(C)c1OC. The molecular weight excluding hydrogens is 166 g/mol. The molecule has 0 saturated heterocycles. The largest absolute Gasteiger partial charge is 0.496 e. The van der Waals surface area contributed by atoms with Gasteiger partial charge in [0.15, 0.2) is 0 Å². The number of methoxy groups -OCH3 is 2. The number of benzene rings is 1. The van der Waals surface area contributed by atoms with Gasteiger partial charge in [-0.25, -0.2) is 0 Å². The quantitative estimate of drug-likeness (QED) is 0.774. The molecule has 0 aromatic heterocycles. The van der Waals surface area contributed by atoms with Crippen molar-refractivity contribution >= 4 is 5.69 Å². The molecule has 1 aromatic rings. The molecule has 0 fully saturated rings. The van der Waals surface area contributed by atoms with E-state index in [2.05, 4.69) is 5.32 Å². The third-order valence-corrected chi connectivity index (χ3v) is 2.05. The zero-order valence-corrected chi connectivity index (χ0v) is 8.47. The summed E-state index contributed by atoms with van der Waals surface area (Å²) in [6, 6.07) is 3.86. The first-order chi connectivity index (χ1) is 6.24. The van der Waals surface area contributed by atoms with Crippen LogP contribution in [0.4, 0.5) is 5.69 Å².